The smallest absolute Gasteiger partial charge is 0.317 e. The first kappa shape index (κ1) is 16.2. The van der Waals surface area contributed by atoms with Crippen molar-refractivity contribution in [3.63, 3.8) is 0 Å². The number of nitrogens with one attached hydrogen (secondary N) is 1. The number of rotatable bonds is 3. The van der Waals surface area contributed by atoms with E-state index in [1.807, 2.05) is 29.2 Å². The number of halogens is 1. The second-order valence-electron chi connectivity index (χ2n) is 6.31. The molecule has 1 saturated heterocycles. The van der Waals surface area contributed by atoms with Crippen molar-refractivity contribution in [3.8, 4) is 0 Å². The van der Waals surface area contributed by atoms with Crippen molar-refractivity contribution >= 4 is 17.6 Å². The summed E-state index contributed by atoms with van der Waals surface area (Å²) < 4.78 is 0. The third-order valence-electron chi connectivity index (χ3n) is 4.13. The molecule has 0 aromatic heterocycles. The second kappa shape index (κ2) is 7.17. The Morgan fingerprint density at radius 2 is 1.86 bits per heavy atom. The van der Waals surface area contributed by atoms with Crippen LogP contribution < -0.4 is 5.32 Å². The van der Waals surface area contributed by atoms with E-state index in [0.29, 0.717) is 11.8 Å². The Morgan fingerprint density at radius 1 is 1.29 bits per heavy atom. The van der Waals surface area contributed by atoms with E-state index in [4.69, 9.17) is 11.6 Å². The van der Waals surface area contributed by atoms with E-state index in [1.54, 1.807) is 0 Å². The van der Waals surface area contributed by atoms with Crippen LogP contribution in [-0.4, -0.2) is 24.0 Å². The van der Waals surface area contributed by atoms with Gasteiger partial charge in [0.2, 0.25) is 0 Å². The molecule has 0 radical (unpaired) electrons. The highest BCUT2D eigenvalue weighted by Gasteiger charge is 2.26. The van der Waals surface area contributed by atoms with Crippen LogP contribution in [0.1, 0.15) is 45.2 Å². The van der Waals surface area contributed by atoms with Gasteiger partial charge in [-0.3, -0.25) is 0 Å². The topological polar surface area (TPSA) is 32.3 Å². The first-order valence-corrected chi connectivity index (χ1v) is 8.18. The van der Waals surface area contributed by atoms with Gasteiger partial charge in [0.1, 0.15) is 0 Å². The van der Waals surface area contributed by atoms with Crippen molar-refractivity contribution in [2.75, 3.05) is 13.1 Å². The monoisotopic (exact) mass is 308 g/mol. The normalized spacial score (nSPS) is 23.7. The Morgan fingerprint density at radius 3 is 2.38 bits per heavy atom. The number of urea groups is 1. The molecule has 0 bridgehead atoms. The van der Waals surface area contributed by atoms with Gasteiger partial charge >= 0.3 is 6.03 Å². The SMILES string of the molecule is CCC(NC(=O)N1CC(C)CC(C)C1)c1ccc(Cl)cc1. The first-order valence-electron chi connectivity index (χ1n) is 7.80. The third kappa shape index (κ3) is 4.37. The summed E-state index contributed by atoms with van der Waals surface area (Å²) in [5, 5.41) is 3.88. The standard InChI is InChI=1S/C17H25ClN2O/c1-4-16(14-5-7-15(18)8-6-14)19-17(21)20-10-12(2)9-13(3)11-20/h5-8,12-13,16H,4,9-11H2,1-3H3,(H,19,21). The Kier molecular flexibility index (Phi) is 5.51. The van der Waals surface area contributed by atoms with E-state index in [1.165, 1.54) is 6.42 Å². The molecule has 1 heterocycles. The number of nitrogens with zero attached hydrogens (tertiary/aromatic N) is 1. The van der Waals surface area contributed by atoms with E-state index in [2.05, 4.69) is 26.1 Å². The molecular formula is C17H25ClN2O. The van der Waals surface area contributed by atoms with Crippen LogP contribution in [0.4, 0.5) is 4.79 Å². The lowest BCUT2D eigenvalue weighted by atomic mass is 9.92. The number of hydrogen-bond acceptors (Lipinski definition) is 1. The molecule has 4 heteroatoms. The average molecular weight is 309 g/mol. The summed E-state index contributed by atoms with van der Waals surface area (Å²) in [5.41, 5.74) is 1.10. The number of carbonyl (C=O) groups excluding carboxylic acids is 1. The van der Waals surface area contributed by atoms with E-state index in [9.17, 15) is 4.79 Å². The van der Waals surface area contributed by atoms with Gasteiger partial charge in [0.25, 0.3) is 0 Å². The molecule has 1 aliphatic rings. The zero-order valence-electron chi connectivity index (χ0n) is 13.1. The zero-order valence-corrected chi connectivity index (χ0v) is 13.9. The van der Waals surface area contributed by atoms with Gasteiger partial charge in [-0.25, -0.2) is 4.79 Å². The zero-order chi connectivity index (χ0) is 15.4. The fourth-order valence-corrected chi connectivity index (χ4v) is 3.31. The van der Waals surface area contributed by atoms with Crippen LogP contribution in [0, 0.1) is 11.8 Å². The number of amides is 2. The van der Waals surface area contributed by atoms with Crippen LogP contribution in [-0.2, 0) is 0 Å². The maximum atomic E-state index is 12.5. The van der Waals surface area contributed by atoms with Crippen molar-refractivity contribution in [2.45, 2.75) is 39.7 Å². The van der Waals surface area contributed by atoms with Crippen LogP contribution in [0.5, 0.6) is 0 Å². The fraction of sp³-hybridized carbons (Fsp3) is 0.588. The van der Waals surface area contributed by atoms with Crippen LogP contribution in [0.15, 0.2) is 24.3 Å². The number of likely N-dealkylation sites (tertiary alicyclic amines) is 1. The minimum absolute atomic E-state index is 0.0438. The fourth-order valence-electron chi connectivity index (χ4n) is 3.19. The lowest BCUT2D eigenvalue weighted by molar-refractivity contribution is 0.143. The minimum atomic E-state index is 0.0438. The molecule has 2 amide bonds. The Labute approximate surface area is 132 Å². The van der Waals surface area contributed by atoms with Crippen molar-refractivity contribution in [2.24, 2.45) is 11.8 Å². The molecule has 3 unspecified atom stereocenters. The summed E-state index contributed by atoms with van der Waals surface area (Å²) in [4.78, 5) is 14.4. The van der Waals surface area contributed by atoms with E-state index in [-0.39, 0.29) is 12.1 Å². The highest BCUT2D eigenvalue weighted by atomic mass is 35.5. The maximum absolute atomic E-state index is 12.5. The number of carbonyl (C=O) groups is 1. The molecular weight excluding hydrogens is 284 g/mol. The lowest BCUT2D eigenvalue weighted by Crippen LogP contribution is -2.48. The summed E-state index contributed by atoms with van der Waals surface area (Å²) in [6, 6.07) is 7.81. The first-order chi connectivity index (χ1) is 9.99. The summed E-state index contributed by atoms with van der Waals surface area (Å²) in [5.74, 6) is 1.16. The van der Waals surface area contributed by atoms with Crippen molar-refractivity contribution in [1.29, 1.82) is 0 Å². The van der Waals surface area contributed by atoms with Crippen LogP contribution in [0.2, 0.25) is 5.02 Å². The number of piperidine rings is 1. The van der Waals surface area contributed by atoms with Gasteiger partial charge in [-0.2, -0.15) is 0 Å². The largest absolute Gasteiger partial charge is 0.331 e. The lowest BCUT2D eigenvalue weighted by Gasteiger charge is -2.36. The van der Waals surface area contributed by atoms with Gasteiger partial charge < -0.3 is 10.2 Å². The molecule has 2 rings (SSSR count). The summed E-state index contributed by atoms with van der Waals surface area (Å²) in [7, 11) is 0. The van der Waals surface area contributed by atoms with Gasteiger partial charge in [-0.05, 0) is 42.4 Å². The minimum Gasteiger partial charge on any atom is -0.331 e. The molecule has 1 aliphatic heterocycles. The molecule has 0 spiro atoms. The van der Waals surface area contributed by atoms with Crippen LogP contribution in [0.3, 0.4) is 0 Å². The summed E-state index contributed by atoms with van der Waals surface area (Å²) >= 11 is 5.92. The summed E-state index contributed by atoms with van der Waals surface area (Å²) in [6.45, 7) is 8.22. The number of hydrogen-bond donors (Lipinski definition) is 1. The van der Waals surface area contributed by atoms with Crippen molar-refractivity contribution < 1.29 is 4.79 Å². The average Bonchev–Trinajstić information content (AvgIpc) is 2.44. The Bertz CT molecular complexity index is 464. The second-order valence-corrected chi connectivity index (χ2v) is 6.75. The highest BCUT2D eigenvalue weighted by Crippen LogP contribution is 2.23. The van der Waals surface area contributed by atoms with Crippen molar-refractivity contribution in [3.05, 3.63) is 34.9 Å². The van der Waals surface area contributed by atoms with E-state index >= 15 is 0 Å². The summed E-state index contributed by atoms with van der Waals surface area (Å²) in [6.07, 6.45) is 2.07. The van der Waals surface area contributed by atoms with Gasteiger partial charge in [0.05, 0.1) is 6.04 Å². The quantitative estimate of drug-likeness (QED) is 0.877. The van der Waals surface area contributed by atoms with Gasteiger partial charge in [0, 0.05) is 18.1 Å². The molecule has 3 atom stereocenters. The Balaban J connectivity index is 2.00. The predicted molar refractivity (Wildman–Crippen MR) is 87.5 cm³/mol. The Hall–Kier alpha value is -1.22. The predicted octanol–water partition coefficient (Wildman–Crippen LogP) is 4.48. The van der Waals surface area contributed by atoms with Gasteiger partial charge in [0.15, 0.2) is 0 Å². The molecule has 1 aromatic rings. The van der Waals surface area contributed by atoms with Gasteiger partial charge in [-0.15, -0.1) is 0 Å². The molecule has 21 heavy (non-hydrogen) atoms. The highest BCUT2D eigenvalue weighted by molar-refractivity contribution is 6.30. The van der Waals surface area contributed by atoms with Gasteiger partial charge in [-0.1, -0.05) is 44.5 Å². The molecule has 0 saturated carbocycles. The molecule has 0 aliphatic carbocycles. The molecule has 3 nitrogen and oxygen atoms in total. The number of benzene rings is 1. The van der Waals surface area contributed by atoms with Crippen LogP contribution >= 0.6 is 11.6 Å². The molecule has 1 aromatic carbocycles. The molecule has 116 valence electrons. The van der Waals surface area contributed by atoms with Crippen molar-refractivity contribution in [1.82, 2.24) is 10.2 Å². The van der Waals surface area contributed by atoms with Crippen LogP contribution in [0.25, 0.3) is 0 Å². The third-order valence-corrected chi connectivity index (χ3v) is 4.39. The van der Waals surface area contributed by atoms with E-state index < -0.39 is 0 Å². The molecule has 1 N–H and O–H groups in total. The van der Waals surface area contributed by atoms with E-state index in [0.717, 1.165) is 30.1 Å². The maximum Gasteiger partial charge on any atom is 0.317 e. The molecule has 1 fully saturated rings.